The Morgan fingerprint density at radius 2 is 1.48 bits per heavy atom. The minimum absolute atomic E-state index is 0.0354. The maximum Gasteiger partial charge on any atom is 0.261 e. The molecule has 0 aromatic heterocycles. The molecule has 33 heavy (non-hydrogen) atoms. The molecule has 0 spiro atoms. The summed E-state index contributed by atoms with van der Waals surface area (Å²) in [5.74, 6) is -0.457. The first-order chi connectivity index (χ1) is 15.8. The lowest BCUT2D eigenvalue weighted by Gasteiger charge is -2.29. The number of hydrogen-bond donors (Lipinski definition) is 2. The third kappa shape index (κ3) is 5.78. The summed E-state index contributed by atoms with van der Waals surface area (Å²) in [7, 11) is -3.94. The predicted molar refractivity (Wildman–Crippen MR) is 131 cm³/mol. The van der Waals surface area contributed by atoms with Crippen LogP contribution in [0.4, 0.5) is 17.1 Å². The van der Waals surface area contributed by atoms with Crippen molar-refractivity contribution in [3.05, 3.63) is 82.3 Å². The van der Waals surface area contributed by atoms with Crippen molar-refractivity contribution < 1.29 is 17.9 Å². The summed E-state index contributed by atoms with van der Waals surface area (Å²) in [6.07, 6.45) is 0. The number of nitrogens with one attached hydrogen (secondary N) is 2. The highest BCUT2D eigenvalue weighted by Crippen LogP contribution is 2.28. The summed E-state index contributed by atoms with van der Waals surface area (Å²) < 4.78 is 33.8. The highest BCUT2D eigenvalue weighted by Gasteiger charge is 2.21. The van der Waals surface area contributed by atoms with E-state index in [2.05, 4.69) is 14.9 Å². The standard InChI is InChI=1S/C23H21Cl2N3O4S/c24-16-1-5-18(6-2-16)26-23(29)21-15-19(28-11-13-32-14-12-28)7-10-22(21)27-33(30,31)20-8-3-17(25)4-9-20/h1-10,15,27H,11-14H2,(H,26,29). The van der Waals surface area contributed by atoms with E-state index < -0.39 is 15.9 Å². The normalized spacial score (nSPS) is 14.1. The molecule has 7 nitrogen and oxygen atoms in total. The first-order valence-electron chi connectivity index (χ1n) is 10.1. The van der Waals surface area contributed by atoms with E-state index in [9.17, 15) is 13.2 Å². The zero-order valence-electron chi connectivity index (χ0n) is 17.4. The molecule has 10 heteroatoms. The van der Waals surface area contributed by atoms with Crippen molar-refractivity contribution in [3.63, 3.8) is 0 Å². The molecular weight excluding hydrogens is 485 g/mol. The molecule has 0 unspecified atom stereocenters. The monoisotopic (exact) mass is 505 g/mol. The van der Waals surface area contributed by atoms with Crippen LogP contribution in [-0.4, -0.2) is 40.6 Å². The van der Waals surface area contributed by atoms with Gasteiger partial charge in [0.25, 0.3) is 15.9 Å². The Morgan fingerprint density at radius 3 is 2.12 bits per heavy atom. The van der Waals surface area contributed by atoms with Crippen LogP contribution < -0.4 is 14.9 Å². The van der Waals surface area contributed by atoms with Gasteiger partial charge in [0.2, 0.25) is 0 Å². The topological polar surface area (TPSA) is 87.7 Å². The van der Waals surface area contributed by atoms with Gasteiger partial charge in [0.1, 0.15) is 0 Å². The van der Waals surface area contributed by atoms with Crippen LogP contribution in [0, 0.1) is 0 Å². The first kappa shape index (κ1) is 23.4. The minimum atomic E-state index is -3.94. The number of rotatable bonds is 6. The van der Waals surface area contributed by atoms with Crippen LogP contribution in [0.5, 0.6) is 0 Å². The number of halogens is 2. The molecule has 3 aromatic rings. The number of morpholine rings is 1. The molecule has 1 aliphatic rings. The summed E-state index contributed by atoms with van der Waals surface area (Å²) in [4.78, 5) is 15.3. The average molecular weight is 506 g/mol. The predicted octanol–water partition coefficient (Wildman–Crippen LogP) is 4.88. The van der Waals surface area contributed by atoms with Crippen molar-refractivity contribution in [2.45, 2.75) is 4.90 Å². The van der Waals surface area contributed by atoms with Crippen molar-refractivity contribution in [2.24, 2.45) is 0 Å². The van der Waals surface area contributed by atoms with Gasteiger partial charge >= 0.3 is 0 Å². The molecule has 1 aliphatic heterocycles. The molecule has 172 valence electrons. The number of hydrogen-bond acceptors (Lipinski definition) is 5. The third-order valence-electron chi connectivity index (χ3n) is 5.09. The second-order valence-corrected chi connectivity index (χ2v) is 9.91. The largest absolute Gasteiger partial charge is 0.378 e. The van der Waals surface area contributed by atoms with Gasteiger partial charge in [-0.2, -0.15) is 0 Å². The van der Waals surface area contributed by atoms with Gasteiger partial charge in [-0.1, -0.05) is 23.2 Å². The highest BCUT2D eigenvalue weighted by atomic mass is 35.5. The number of benzene rings is 3. The smallest absolute Gasteiger partial charge is 0.261 e. The number of carbonyl (C=O) groups is 1. The van der Waals surface area contributed by atoms with Crippen LogP contribution in [0.15, 0.2) is 71.6 Å². The van der Waals surface area contributed by atoms with E-state index in [-0.39, 0.29) is 16.1 Å². The zero-order valence-corrected chi connectivity index (χ0v) is 19.8. The van der Waals surface area contributed by atoms with Gasteiger partial charge in [-0.25, -0.2) is 8.42 Å². The molecule has 2 N–H and O–H groups in total. The second kappa shape index (κ2) is 10.0. The van der Waals surface area contributed by atoms with E-state index in [4.69, 9.17) is 27.9 Å². The summed E-state index contributed by atoms with van der Waals surface area (Å²) in [6.45, 7) is 2.51. The lowest BCUT2D eigenvalue weighted by molar-refractivity contribution is 0.102. The fourth-order valence-electron chi connectivity index (χ4n) is 3.38. The van der Waals surface area contributed by atoms with E-state index in [1.165, 1.54) is 24.3 Å². The van der Waals surface area contributed by atoms with Gasteiger partial charge in [0.05, 0.1) is 29.4 Å². The van der Waals surface area contributed by atoms with Crippen LogP contribution in [0.1, 0.15) is 10.4 Å². The van der Waals surface area contributed by atoms with E-state index >= 15 is 0 Å². The Kier molecular flexibility index (Phi) is 7.09. The molecule has 1 saturated heterocycles. The molecule has 0 radical (unpaired) electrons. The minimum Gasteiger partial charge on any atom is -0.378 e. The van der Waals surface area contributed by atoms with E-state index in [1.807, 2.05) is 0 Å². The lowest BCUT2D eigenvalue weighted by atomic mass is 10.1. The van der Waals surface area contributed by atoms with Gasteiger partial charge in [0, 0.05) is 34.5 Å². The van der Waals surface area contributed by atoms with Crippen molar-refractivity contribution in [2.75, 3.05) is 41.2 Å². The average Bonchev–Trinajstić information content (AvgIpc) is 2.81. The Morgan fingerprint density at radius 1 is 0.879 bits per heavy atom. The van der Waals surface area contributed by atoms with E-state index in [1.54, 1.807) is 42.5 Å². The van der Waals surface area contributed by atoms with Gasteiger partial charge in [0.15, 0.2) is 0 Å². The number of sulfonamides is 1. The quantitative estimate of drug-likeness (QED) is 0.498. The van der Waals surface area contributed by atoms with Crippen LogP contribution >= 0.6 is 23.2 Å². The number of anilines is 3. The van der Waals surface area contributed by atoms with Gasteiger partial charge in [-0.3, -0.25) is 9.52 Å². The van der Waals surface area contributed by atoms with Crippen molar-refractivity contribution in [1.82, 2.24) is 0 Å². The van der Waals surface area contributed by atoms with Crippen LogP contribution in [0.2, 0.25) is 10.0 Å². The maximum absolute atomic E-state index is 13.2. The van der Waals surface area contributed by atoms with Gasteiger partial charge < -0.3 is 15.0 Å². The van der Waals surface area contributed by atoms with Crippen molar-refractivity contribution in [3.8, 4) is 0 Å². The zero-order chi connectivity index (χ0) is 23.4. The second-order valence-electron chi connectivity index (χ2n) is 7.35. The van der Waals surface area contributed by atoms with Crippen molar-refractivity contribution >= 4 is 56.2 Å². The molecule has 0 saturated carbocycles. The summed E-state index contributed by atoms with van der Waals surface area (Å²) in [5.41, 5.74) is 1.68. The molecule has 0 atom stereocenters. The van der Waals surface area contributed by atoms with E-state index in [0.717, 1.165) is 5.69 Å². The molecule has 3 aromatic carbocycles. The summed E-state index contributed by atoms with van der Waals surface area (Å²) in [5, 5.41) is 3.76. The molecule has 1 heterocycles. The van der Waals surface area contributed by atoms with Crippen LogP contribution in [0.25, 0.3) is 0 Å². The Labute approximate surface area is 202 Å². The van der Waals surface area contributed by atoms with Gasteiger partial charge in [-0.05, 0) is 66.7 Å². The first-order valence-corrected chi connectivity index (χ1v) is 12.4. The summed E-state index contributed by atoms with van der Waals surface area (Å²) in [6, 6.07) is 17.5. The Balaban J connectivity index is 1.68. The highest BCUT2D eigenvalue weighted by molar-refractivity contribution is 7.92. The Bertz CT molecular complexity index is 1240. The molecule has 1 amide bonds. The molecule has 1 fully saturated rings. The molecule has 4 rings (SSSR count). The Hall–Kier alpha value is -2.78. The fraction of sp³-hybridized carbons (Fsp3) is 0.174. The van der Waals surface area contributed by atoms with Crippen molar-refractivity contribution in [1.29, 1.82) is 0 Å². The lowest BCUT2D eigenvalue weighted by Crippen LogP contribution is -2.36. The fourth-order valence-corrected chi connectivity index (χ4v) is 4.71. The van der Waals surface area contributed by atoms with Crippen LogP contribution in [-0.2, 0) is 14.8 Å². The van der Waals surface area contributed by atoms with E-state index in [0.29, 0.717) is 42.0 Å². The number of carbonyl (C=O) groups excluding carboxylic acids is 1. The molecule has 0 bridgehead atoms. The summed E-state index contributed by atoms with van der Waals surface area (Å²) >= 11 is 11.8. The SMILES string of the molecule is O=C(Nc1ccc(Cl)cc1)c1cc(N2CCOCC2)ccc1NS(=O)(=O)c1ccc(Cl)cc1. The number of ether oxygens (including phenoxy) is 1. The molecule has 0 aliphatic carbocycles. The van der Waals surface area contributed by atoms with Crippen LogP contribution in [0.3, 0.4) is 0 Å². The maximum atomic E-state index is 13.2. The third-order valence-corrected chi connectivity index (χ3v) is 6.98. The van der Waals surface area contributed by atoms with Gasteiger partial charge in [-0.15, -0.1) is 0 Å². The molecular formula is C23H21Cl2N3O4S. The number of amides is 1. The number of nitrogens with zero attached hydrogens (tertiary/aromatic N) is 1.